The zero-order chi connectivity index (χ0) is 12.5. The van der Waals surface area contributed by atoms with Crippen molar-refractivity contribution in [2.45, 2.75) is 51.5 Å². The van der Waals surface area contributed by atoms with E-state index in [4.69, 9.17) is 0 Å². The average Bonchev–Trinajstić information content (AvgIpc) is 2.87. The third-order valence-electron chi connectivity index (χ3n) is 4.34. The SMILES string of the molecule is CC(=O)c1csc(N2CCC[C@H]3CCCC[C@H]32)n1. The molecule has 2 fully saturated rings. The molecule has 1 aliphatic heterocycles. The van der Waals surface area contributed by atoms with Crippen molar-refractivity contribution in [3.63, 3.8) is 0 Å². The summed E-state index contributed by atoms with van der Waals surface area (Å²) in [6.07, 6.45) is 8.09. The van der Waals surface area contributed by atoms with E-state index in [1.54, 1.807) is 18.3 Å². The van der Waals surface area contributed by atoms with E-state index in [2.05, 4.69) is 9.88 Å². The maximum Gasteiger partial charge on any atom is 0.186 e. The molecular formula is C14H20N2OS. The summed E-state index contributed by atoms with van der Waals surface area (Å²) in [5.41, 5.74) is 0.632. The van der Waals surface area contributed by atoms with Crippen molar-refractivity contribution >= 4 is 22.3 Å². The van der Waals surface area contributed by atoms with Crippen molar-refractivity contribution in [3.8, 4) is 0 Å². The standard InChI is InChI=1S/C14H20N2OS/c1-10(17)12-9-18-14(15-12)16-8-4-6-11-5-2-3-7-13(11)16/h9,11,13H,2-8H2,1H3/t11-,13-/m1/s1. The topological polar surface area (TPSA) is 33.2 Å². The Bertz CT molecular complexity index is 441. The van der Waals surface area contributed by atoms with Crippen molar-refractivity contribution < 1.29 is 4.79 Å². The lowest BCUT2D eigenvalue weighted by molar-refractivity contribution is 0.101. The minimum atomic E-state index is 0.0784. The number of carbonyl (C=O) groups excluding carboxylic acids is 1. The summed E-state index contributed by atoms with van der Waals surface area (Å²) in [5, 5.41) is 2.97. The molecule has 2 aliphatic rings. The quantitative estimate of drug-likeness (QED) is 0.766. The van der Waals surface area contributed by atoms with Gasteiger partial charge >= 0.3 is 0 Å². The van der Waals surface area contributed by atoms with Crippen LogP contribution < -0.4 is 4.90 Å². The molecule has 0 amide bonds. The Morgan fingerprint density at radius 3 is 2.89 bits per heavy atom. The maximum absolute atomic E-state index is 11.3. The number of hydrogen-bond acceptors (Lipinski definition) is 4. The van der Waals surface area contributed by atoms with E-state index >= 15 is 0 Å². The molecular weight excluding hydrogens is 244 g/mol. The molecule has 4 heteroatoms. The highest BCUT2D eigenvalue weighted by Crippen LogP contribution is 2.38. The third kappa shape index (κ3) is 2.18. The van der Waals surface area contributed by atoms with E-state index in [1.165, 1.54) is 38.5 Å². The van der Waals surface area contributed by atoms with Crippen LogP contribution in [0.25, 0.3) is 0 Å². The van der Waals surface area contributed by atoms with Crippen LogP contribution in [0, 0.1) is 5.92 Å². The van der Waals surface area contributed by atoms with Gasteiger partial charge in [-0.1, -0.05) is 12.8 Å². The Labute approximate surface area is 112 Å². The first-order chi connectivity index (χ1) is 8.75. The normalized spacial score (nSPS) is 27.9. The summed E-state index contributed by atoms with van der Waals surface area (Å²) >= 11 is 1.63. The summed E-state index contributed by atoms with van der Waals surface area (Å²) in [6.45, 7) is 2.71. The first kappa shape index (κ1) is 12.2. The summed E-state index contributed by atoms with van der Waals surface area (Å²) in [7, 11) is 0. The second-order valence-electron chi connectivity index (χ2n) is 5.52. The van der Waals surface area contributed by atoms with Gasteiger partial charge < -0.3 is 4.90 Å². The molecule has 18 heavy (non-hydrogen) atoms. The van der Waals surface area contributed by atoms with Crippen LogP contribution in [0.15, 0.2) is 5.38 Å². The van der Waals surface area contributed by atoms with E-state index in [-0.39, 0.29) is 5.78 Å². The van der Waals surface area contributed by atoms with Gasteiger partial charge in [-0.25, -0.2) is 4.98 Å². The zero-order valence-corrected chi connectivity index (χ0v) is 11.7. The first-order valence-electron chi connectivity index (χ1n) is 6.99. The minimum absolute atomic E-state index is 0.0784. The summed E-state index contributed by atoms with van der Waals surface area (Å²) in [4.78, 5) is 18.3. The Kier molecular flexibility index (Phi) is 3.37. The van der Waals surface area contributed by atoms with Crippen LogP contribution in [-0.2, 0) is 0 Å². The molecule has 98 valence electrons. The lowest BCUT2D eigenvalue weighted by Crippen LogP contribution is -2.46. The largest absolute Gasteiger partial charge is 0.345 e. The van der Waals surface area contributed by atoms with Crippen molar-refractivity contribution in [2.75, 3.05) is 11.4 Å². The van der Waals surface area contributed by atoms with E-state index in [0.717, 1.165) is 17.6 Å². The highest BCUT2D eigenvalue weighted by Gasteiger charge is 2.34. The number of nitrogens with zero attached hydrogens (tertiary/aromatic N) is 2. The predicted octanol–water partition coefficient (Wildman–Crippen LogP) is 3.50. The molecule has 0 aromatic carbocycles. The van der Waals surface area contributed by atoms with Gasteiger partial charge in [0, 0.05) is 24.9 Å². The minimum Gasteiger partial charge on any atom is -0.345 e. The fourth-order valence-electron chi connectivity index (χ4n) is 3.42. The summed E-state index contributed by atoms with van der Waals surface area (Å²) < 4.78 is 0. The first-order valence-corrected chi connectivity index (χ1v) is 7.87. The molecule has 3 rings (SSSR count). The molecule has 0 radical (unpaired) electrons. The third-order valence-corrected chi connectivity index (χ3v) is 5.22. The number of Topliss-reactive ketones (excluding diaryl/α,β-unsaturated/α-hetero) is 1. The number of aromatic nitrogens is 1. The number of ketones is 1. The molecule has 1 saturated carbocycles. The van der Waals surface area contributed by atoms with Gasteiger partial charge in [0.25, 0.3) is 0 Å². The number of carbonyl (C=O) groups is 1. The molecule has 0 bridgehead atoms. The van der Waals surface area contributed by atoms with Gasteiger partial charge in [0.15, 0.2) is 10.9 Å². The summed E-state index contributed by atoms with van der Waals surface area (Å²) in [5.74, 6) is 0.937. The Hall–Kier alpha value is -0.900. The van der Waals surface area contributed by atoms with Crippen LogP contribution >= 0.6 is 11.3 Å². The molecule has 2 atom stereocenters. The highest BCUT2D eigenvalue weighted by molar-refractivity contribution is 7.13. The highest BCUT2D eigenvalue weighted by atomic mass is 32.1. The average molecular weight is 264 g/mol. The van der Waals surface area contributed by atoms with Gasteiger partial charge in [0.2, 0.25) is 0 Å². The lowest BCUT2D eigenvalue weighted by Gasteiger charge is -2.44. The van der Waals surface area contributed by atoms with Crippen LogP contribution in [0.1, 0.15) is 55.9 Å². The fraction of sp³-hybridized carbons (Fsp3) is 0.714. The Morgan fingerprint density at radius 2 is 2.11 bits per heavy atom. The van der Waals surface area contributed by atoms with Crippen molar-refractivity contribution in [1.82, 2.24) is 4.98 Å². The maximum atomic E-state index is 11.3. The predicted molar refractivity (Wildman–Crippen MR) is 74.4 cm³/mol. The number of fused-ring (bicyclic) bond motifs is 1. The molecule has 1 aliphatic carbocycles. The van der Waals surface area contributed by atoms with Gasteiger partial charge in [0.05, 0.1) is 0 Å². The number of piperidine rings is 1. The molecule has 1 aromatic heterocycles. The van der Waals surface area contributed by atoms with E-state index < -0.39 is 0 Å². The molecule has 1 saturated heterocycles. The molecule has 0 unspecified atom stereocenters. The van der Waals surface area contributed by atoms with Gasteiger partial charge in [-0.2, -0.15) is 0 Å². The Morgan fingerprint density at radius 1 is 1.33 bits per heavy atom. The lowest BCUT2D eigenvalue weighted by atomic mass is 9.78. The van der Waals surface area contributed by atoms with Crippen LogP contribution in [0.3, 0.4) is 0 Å². The number of anilines is 1. The Balaban J connectivity index is 1.82. The molecule has 0 spiro atoms. The molecule has 2 heterocycles. The number of hydrogen-bond donors (Lipinski definition) is 0. The van der Waals surface area contributed by atoms with Gasteiger partial charge in [-0.3, -0.25) is 4.79 Å². The van der Waals surface area contributed by atoms with E-state index in [0.29, 0.717) is 11.7 Å². The van der Waals surface area contributed by atoms with Gasteiger partial charge in [-0.05, 0) is 31.6 Å². The zero-order valence-electron chi connectivity index (χ0n) is 10.9. The van der Waals surface area contributed by atoms with E-state index in [9.17, 15) is 4.79 Å². The van der Waals surface area contributed by atoms with Crippen molar-refractivity contribution in [1.29, 1.82) is 0 Å². The van der Waals surface area contributed by atoms with E-state index in [1.807, 2.05) is 5.38 Å². The van der Waals surface area contributed by atoms with Crippen molar-refractivity contribution in [2.24, 2.45) is 5.92 Å². The number of rotatable bonds is 2. The molecule has 1 aromatic rings. The number of thiazole rings is 1. The van der Waals surface area contributed by atoms with Crippen LogP contribution in [0.5, 0.6) is 0 Å². The van der Waals surface area contributed by atoms with Crippen LogP contribution in [0.4, 0.5) is 5.13 Å². The second-order valence-corrected chi connectivity index (χ2v) is 6.36. The smallest absolute Gasteiger partial charge is 0.186 e. The monoisotopic (exact) mass is 264 g/mol. The molecule has 0 N–H and O–H groups in total. The molecule has 3 nitrogen and oxygen atoms in total. The second kappa shape index (κ2) is 5.00. The van der Waals surface area contributed by atoms with Gasteiger partial charge in [-0.15, -0.1) is 11.3 Å². The van der Waals surface area contributed by atoms with Crippen LogP contribution in [-0.4, -0.2) is 23.4 Å². The fourth-order valence-corrected chi connectivity index (χ4v) is 4.37. The summed E-state index contributed by atoms with van der Waals surface area (Å²) in [6, 6.07) is 0.679. The van der Waals surface area contributed by atoms with Crippen LogP contribution in [0.2, 0.25) is 0 Å². The van der Waals surface area contributed by atoms with Gasteiger partial charge in [0.1, 0.15) is 5.69 Å². The van der Waals surface area contributed by atoms with Crippen molar-refractivity contribution in [3.05, 3.63) is 11.1 Å².